The zero-order valence-electron chi connectivity index (χ0n) is 17.9. The monoisotopic (exact) mass is 469 g/mol. The number of nitrogens with one attached hydrogen (secondary N) is 2. The van der Waals surface area contributed by atoms with E-state index in [0.717, 1.165) is 30.3 Å². The molecule has 1 amide bonds. The predicted octanol–water partition coefficient (Wildman–Crippen LogP) is 3.53. The van der Waals surface area contributed by atoms with Crippen LogP contribution in [-0.4, -0.2) is 46.9 Å². The molecule has 0 atom stereocenters. The van der Waals surface area contributed by atoms with Gasteiger partial charge in [0.1, 0.15) is 16.5 Å². The van der Waals surface area contributed by atoms with E-state index in [0.29, 0.717) is 30.3 Å². The number of H-pyrrole nitrogens is 1. The van der Waals surface area contributed by atoms with Gasteiger partial charge in [-0.15, -0.1) is 0 Å². The molecule has 1 saturated heterocycles. The number of hydrogen-bond acceptors (Lipinski definition) is 5. The smallest absolute Gasteiger partial charge is 0.245 e. The van der Waals surface area contributed by atoms with E-state index >= 15 is 0 Å². The number of piperidine rings is 1. The summed E-state index contributed by atoms with van der Waals surface area (Å²) in [6.07, 6.45) is 3.04. The SMILES string of the molecule is O=C(Nc1ccc(-c2n[nH]c(C3CC3)n2)cc1)C1CCN(S(=O)(=O)c2ccccc2F)CC1. The number of nitrogens with zero attached hydrogens (tertiary/aromatic N) is 3. The summed E-state index contributed by atoms with van der Waals surface area (Å²) in [7, 11) is -3.92. The van der Waals surface area contributed by atoms with Gasteiger partial charge in [-0.3, -0.25) is 9.89 Å². The Hall–Kier alpha value is -3.11. The molecule has 0 bridgehead atoms. The van der Waals surface area contributed by atoms with E-state index in [1.54, 1.807) is 12.1 Å². The zero-order chi connectivity index (χ0) is 23.0. The third-order valence-corrected chi connectivity index (χ3v) is 8.09. The summed E-state index contributed by atoms with van der Waals surface area (Å²) in [5.41, 5.74) is 1.52. The van der Waals surface area contributed by atoms with Crippen molar-refractivity contribution < 1.29 is 17.6 Å². The van der Waals surface area contributed by atoms with Crippen molar-refractivity contribution in [3.05, 3.63) is 60.2 Å². The first-order valence-electron chi connectivity index (χ1n) is 11.0. The fraction of sp³-hybridized carbons (Fsp3) is 0.348. The second kappa shape index (κ2) is 8.68. The van der Waals surface area contributed by atoms with Crippen LogP contribution < -0.4 is 5.32 Å². The molecule has 33 heavy (non-hydrogen) atoms. The maximum absolute atomic E-state index is 14.0. The van der Waals surface area contributed by atoms with Crippen LogP contribution in [0, 0.1) is 11.7 Å². The minimum Gasteiger partial charge on any atom is -0.326 e. The van der Waals surface area contributed by atoms with Gasteiger partial charge < -0.3 is 5.32 Å². The molecular formula is C23H24FN5O3S. The molecule has 5 rings (SSSR count). The number of aromatic nitrogens is 3. The molecule has 2 aromatic carbocycles. The summed E-state index contributed by atoms with van der Waals surface area (Å²) in [5, 5.41) is 10.2. The Labute approximate surface area is 191 Å². The quantitative estimate of drug-likeness (QED) is 0.574. The Morgan fingerprint density at radius 3 is 2.39 bits per heavy atom. The molecule has 0 radical (unpaired) electrons. The number of halogens is 1. The highest BCUT2D eigenvalue weighted by atomic mass is 32.2. The predicted molar refractivity (Wildman–Crippen MR) is 120 cm³/mol. The Morgan fingerprint density at radius 2 is 1.73 bits per heavy atom. The van der Waals surface area contributed by atoms with Gasteiger partial charge in [-0.1, -0.05) is 12.1 Å². The lowest BCUT2D eigenvalue weighted by molar-refractivity contribution is -0.120. The van der Waals surface area contributed by atoms with Crippen molar-refractivity contribution >= 4 is 21.6 Å². The van der Waals surface area contributed by atoms with Crippen LogP contribution in [0.25, 0.3) is 11.4 Å². The molecule has 1 aliphatic carbocycles. The van der Waals surface area contributed by atoms with Crippen LogP contribution in [0.15, 0.2) is 53.4 Å². The van der Waals surface area contributed by atoms with Crippen molar-refractivity contribution in [1.82, 2.24) is 19.5 Å². The highest BCUT2D eigenvalue weighted by Gasteiger charge is 2.33. The number of sulfonamides is 1. The van der Waals surface area contributed by atoms with E-state index in [-0.39, 0.29) is 29.8 Å². The largest absolute Gasteiger partial charge is 0.326 e. The molecule has 1 saturated carbocycles. The molecule has 10 heteroatoms. The normalized spacial score (nSPS) is 17.7. The van der Waals surface area contributed by atoms with Gasteiger partial charge in [-0.05, 0) is 62.1 Å². The van der Waals surface area contributed by atoms with Gasteiger partial charge >= 0.3 is 0 Å². The van der Waals surface area contributed by atoms with Crippen LogP contribution in [0.4, 0.5) is 10.1 Å². The minimum atomic E-state index is -3.92. The molecule has 3 aromatic rings. The first kappa shape index (κ1) is 21.7. The average Bonchev–Trinajstić information content (AvgIpc) is 3.56. The van der Waals surface area contributed by atoms with Crippen molar-refractivity contribution in [3.63, 3.8) is 0 Å². The Bertz CT molecular complexity index is 1260. The summed E-state index contributed by atoms with van der Waals surface area (Å²) in [5.74, 6) is 0.821. The topological polar surface area (TPSA) is 108 Å². The standard InChI is InChI=1S/C23H24FN5O3S/c24-19-3-1-2-4-20(19)33(31,32)29-13-11-17(12-14-29)23(30)25-18-9-7-16(8-10-18)22-26-21(27-28-22)15-5-6-15/h1-4,7-10,15,17H,5-6,11-14H2,(H,25,30)(H,26,27,28). The van der Waals surface area contributed by atoms with Gasteiger partial charge in [0.2, 0.25) is 15.9 Å². The number of carbonyl (C=O) groups is 1. The molecule has 172 valence electrons. The summed E-state index contributed by atoms with van der Waals surface area (Å²) in [4.78, 5) is 16.9. The first-order chi connectivity index (χ1) is 15.9. The lowest BCUT2D eigenvalue weighted by atomic mass is 9.97. The Kier molecular flexibility index (Phi) is 5.71. The van der Waals surface area contributed by atoms with Gasteiger partial charge in [0.15, 0.2) is 5.82 Å². The number of benzene rings is 2. The molecule has 1 aliphatic heterocycles. The zero-order valence-corrected chi connectivity index (χ0v) is 18.7. The van der Waals surface area contributed by atoms with E-state index in [9.17, 15) is 17.6 Å². The minimum absolute atomic E-state index is 0.153. The van der Waals surface area contributed by atoms with Gasteiger partial charge in [0, 0.05) is 36.2 Å². The van der Waals surface area contributed by atoms with E-state index in [1.165, 1.54) is 22.5 Å². The van der Waals surface area contributed by atoms with Crippen LogP contribution >= 0.6 is 0 Å². The third kappa shape index (κ3) is 4.53. The molecule has 2 N–H and O–H groups in total. The first-order valence-corrected chi connectivity index (χ1v) is 12.4. The van der Waals surface area contributed by atoms with Crippen LogP contribution in [0.2, 0.25) is 0 Å². The summed E-state index contributed by atoms with van der Waals surface area (Å²) in [6.45, 7) is 0.337. The molecule has 2 fully saturated rings. The molecule has 1 aromatic heterocycles. The number of amides is 1. The van der Waals surface area contributed by atoms with Crippen LogP contribution in [0.5, 0.6) is 0 Å². The van der Waals surface area contributed by atoms with Crippen molar-refractivity contribution in [2.24, 2.45) is 5.92 Å². The third-order valence-electron chi connectivity index (χ3n) is 6.16. The maximum Gasteiger partial charge on any atom is 0.245 e. The van der Waals surface area contributed by atoms with Crippen molar-refractivity contribution in [2.45, 2.75) is 36.5 Å². The Balaban J connectivity index is 1.18. The molecule has 0 spiro atoms. The number of anilines is 1. The second-order valence-electron chi connectivity index (χ2n) is 8.49. The van der Waals surface area contributed by atoms with Crippen molar-refractivity contribution in [1.29, 1.82) is 0 Å². The van der Waals surface area contributed by atoms with Crippen molar-refractivity contribution in [2.75, 3.05) is 18.4 Å². The van der Waals surface area contributed by atoms with Gasteiger partial charge in [0.25, 0.3) is 0 Å². The van der Waals surface area contributed by atoms with Gasteiger partial charge in [-0.25, -0.2) is 17.8 Å². The van der Waals surface area contributed by atoms with Crippen LogP contribution in [0.3, 0.4) is 0 Å². The maximum atomic E-state index is 14.0. The highest BCUT2D eigenvalue weighted by Crippen LogP contribution is 2.38. The molecular weight excluding hydrogens is 445 g/mol. The fourth-order valence-electron chi connectivity index (χ4n) is 4.04. The second-order valence-corrected chi connectivity index (χ2v) is 10.4. The average molecular weight is 470 g/mol. The number of carbonyl (C=O) groups excluding carboxylic acids is 1. The van der Waals surface area contributed by atoms with Crippen molar-refractivity contribution in [3.8, 4) is 11.4 Å². The Morgan fingerprint density at radius 1 is 1.03 bits per heavy atom. The van der Waals surface area contributed by atoms with E-state index in [4.69, 9.17) is 0 Å². The summed E-state index contributed by atoms with van der Waals surface area (Å²) >= 11 is 0. The molecule has 8 nitrogen and oxygen atoms in total. The van der Waals surface area contributed by atoms with Gasteiger partial charge in [0.05, 0.1) is 0 Å². The van der Waals surface area contributed by atoms with Gasteiger partial charge in [-0.2, -0.15) is 9.40 Å². The number of hydrogen-bond donors (Lipinski definition) is 2. The van der Waals surface area contributed by atoms with E-state index < -0.39 is 15.8 Å². The fourth-order valence-corrected chi connectivity index (χ4v) is 5.58. The van der Waals surface area contributed by atoms with E-state index in [1.807, 2.05) is 12.1 Å². The van der Waals surface area contributed by atoms with E-state index in [2.05, 4.69) is 20.5 Å². The summed E-state index contributed by atoms with van der Waals surface area (Å²) < 4.78 is 40.7. The summed E-state index contributed by atoms with van der Waals surface area (Å²) in [6, 6.07) is 12.7. The lowest BCUT2D eigenvalue weighted by Gasteiger charge is -2.30. The lowest BCUT2D eigenvalue weighted by Crippen LogP contribution is -2.41. The highest BCUT2D eigenvalue weighted by molar-refractivity contribution is 7.89. The molecule has 2 aliphatic rings. The molecule has 0 unspecified atom stereocenters. The number of aromatic amines is 1. The molecule has 2 heterocycles. The van der Waals surface area contributed by atoms with Crippen LogP contribution in [0.1, 0.15) is 37.4 Å². The van der Waals surface area contributed by atoms with Crippen LogP contribution in [-0.2, 0) is 14.8 Å². The number of rotatable bonds is 6.